The molecule has 0 atom stereocenters. The largest absolute Gasteiger partial charge is 0.490 e. The van der Waals surface area contributed by atoms with Gasteiger partial charge in [-0.3, -0.25) is 14.5 Å². The van der Waals surface area contributed by atoms with Gasteiger partial charge in [-0.15, -0.1) is 0 Å². The second-order valence-corrected chi connectivity index (χ2v) is 10.5. The van der Waals surface area contributed by atoms with Crippen molar-refractivity contribution in [3.8, 4) is 11.5 Å². The van der Waals surface area contributed by atoms with E-state index in [0.29, 0.717) is 54.7 Å². The summed E-state index contributed by atoms with van der Waals surface area (Å²) in [5.41, 5.74) is 2.41. The molecule has 0 aliphatic carbocycles. The molecule has 3 aromatic carbocycles. The molecule has 1 saturated heterocycles. The van der Waals surface area contributed by atoms with Crippen LogP contribution >= 0.6 is 55.2 Å². The number of carbonyl (C=O) groups excluding carboxylic acids is 2. The van der Waals surface area contributed by atoms with Crippen LogP contribution in [0.2, 0.25) is 5.02 Å². The quantitative estimate of drug-likeness (QED) is 0.234. The second-order valence-electron chi connectivity index (χ2n) is 7.49. The molecule has 0 N–H and O–H groups in total. The van der Waals surface area contributed by atoms with Gasteiger partial charge in [-0.2, -0.15) is 0 Å². The maximum absolute atomic E-state index is 13.1. The maximum atomic E-state index is 13.1. The second kappa shape index (κ2) is 11.6. The summed E-state index contributed by atoms with van der Waals surface area (Å²) in [7, 11) is 0. The Bertz CT molecular complexity index is 1300. The van der Waals surface area contributed by atoms with Crippen LogP contribution in [0.4, 0.5) is 4.79 Å². The number of thioether (sulfide) groups is 1. The predicted octanol–water partition coefficient (Wildman–Crippen LogP) is 8.08. The first kappa shape index (κ1) is 25.8. The average molecular weight is 638 g/mol. The van der Waals surface area contributed by atoms with Gasteiger partial charge in [-0.25, -0.2) is 0 Å². The lowest BCUT2D eigenvalue weighted by molar-refractivity contribution is -0.123. The third-order valence-electron chi connectivity index (χ3n) is 5.13. The Labute approximate surface area is 229 Å². The Morgan fingerprint density at radius 3 is 2.43 bits per heavy atom. The highest BCUT2D eigenvalue weighted by molar-refractivity contribution is 9.13. The zero-order valence-corrected chi connectivity index (χ0v) is 23.3. The van der Waals surface area contributed by atoms with Gasteiger partial charge in [0.25, 0.3) is 11.1 Å². The molecule has 0 unspecified atom stereocenters. The smallest absolute Gasteiger partial charge is 0.293 e. The minimum Gasteiger partial charge on any atom is -0.490 e. The lowest BCUT2D eigenvalue weighted by Gasteiger charge is -2.17. The Hall–Kier alpha value is -2.26. The third-order valence-corrected chi connectivity index (χ3v) is 8.55. The summed E-state index contributed by atoms with van der Waals surface area (Å²) in [4.78, 5) is 27.2. The zero-order valence-electron chi connectivity index (χ0n) is 18.6. The van der Waals surface area contributed by atoms with E-state index in [0.717, 1.165) is 17.3 Å². The van der Waals surface area contributed by atoms with Crippen LogP contribution in [0.3, 0.4) is 0 Å². The summed E-state index contributed by atoms with van der Waals surface area (Å²) in [6, 6.07) is 18.8. The van der Waals surface area contributed by atoms with Gasteiger partial charge in [0.2, 0.25) is 0 Å². The minimum absolute atomic E-state index is 0.114. The third kappa shape index (κ3) is 5.94. The van der Waals surface area contributed by atoms with Crippen molar-refractivity contribution in [2.75, 3.05) is 6.61 Å². The average Bonchev–Trinajstić information content (AvgIpc) is 3.11. The summed E-state index contributed by atoms with van der Waals surface area (Å²) >= 11 is 14.3. The fraction of sp³-hybridized carbons (Fsp3) is 0.154. The van der Waals surface area contributed by atoms with Crippen LogP contribution < -0.4 is 9.47 Å². The molecule has 9 heteroatoms. The van der Waals surface area contributed by atoms with Crippen LogP contribution in [0.25, 0.3) is 6.08 Å². The highest BCUT2D eigenvalue weighted by Crippen LogP contribution is 2.45. The number of ether oxygens (including phenoxy) is 2. The van der Waals surface area contributed by atoms with E-state index in [-0.39, 0.29) is 17.7 Å². The molecule has 2 amide bonds. The number of halogens is 3. The number of rotatable bonds is 8. The van der Waals surface area contributed by atoms with Gasteiger partial charge in [0.05, 0.1) is 22.5 Å². The van der Waals surface area contributed by atoms with Gasteiger partial charge in [-0.05, 0) is 85.4 Å². The van der Waals surface area contributed by atoms with Crippen molar-refractivity contribution in [3.63, 3.8) is 0 Å². The molecule has 0 spiro atoms. The van der Waals surface area contributed by atoms with Crippen LogP contribution in [-0.4, -0.2) is 22.7 Å². The predicted molar refractivity (Wildman–Crippen MR) is 147 cm³/mol. The maximum Gasteiger partial charge on any atom is 0.293 e. The number of hydrogen-bond acceptors (Lipinski definition) is 5. The minimum atomic E-state index is -0.370. The highest BCUT2D eigenvalue weighted by Gasteiger charge is 2.35. The summed E-state index contributed by atoms with van der Waals surface area (Å²) in [5.74, 6) is 0.705. The van der Waals surface area contributed by atoms with Crippen molar-refractivity contribution in [1.82, 2.24) is 4.90 Å². The molecular weight excluding hydrogens is 618 g/mol. The van der Waals surface area contributed by atoms with Gasteiger partial charge in [0.15, 0.2) is 11.5 Å². The van der Waals surface area contributed by atoms with Gasteiger partial charge >= 0.3 is 0 Å². The van der Waals surface area contributed by atoms with E-state index in [1.165, 1.54) is 4.90 Å². The van der Waals surface area contributed by atoms with Crippen molar-refractivity contribution in [1.29, 1.82) is 0 Å². The van der Waals surface area contributed by atoms with Gasteiger partial charge in [0.1, 0.15) is 6.61 Å². The fourth-order valence-electron chi connectivity index (χ4n) is 3.41. The highest BCUT2D eigenvalue weighted by atomic mass is 79.9. The first-order valence-electron chi connectivity index (χ1n) is 10.7. The van der Waals surface area contributed by atoms with Crippen molar-refractivity contribution in [2.45, 2.75) is 20.1 Å². The van der Waals surface area contributed by atoms with E-state index in [1.54, 1.807) is 30.3 Å². The van der Waals surface area contributed by atoms with E-state index in [1.807, 2.05) is 43.3 Å². The Morgan fingerprint density at radius 1 is 1.00 bits per heavy atom. The number of benzene rings is 3. The van der Waals surface area contributed by atoms with E-state index >= 15 is 0 Å². The van der Waals surface area contributed by atoms with Crippen LogP contribution in [-0.2, 0) is 17.9 Å². The van der Waals surface area contributed by atoms with Crippen molar-refractivity contribution < 1.29 is 19.1 Å². The zero-order chi connectivity index (χ0) is 24.9. The van der Waals surface area contributed by atoms with Crippen molar-refractivity contribution in [2.24, 2.45) is 0 Å². The Morgan fingerprint density at radius 2 is 1.71 bits per heavy atom. The molecule has 3 aromatic rings. The number of imide groups is 1. The van der Waals surface area contributed by atoms with Crippen molar-refractivity contribution in [3.05, 3.63) is 96.2 Å². The van der Waals surface area contributed by atoms with Crippen molar-refractivity contribution >= 4 is 72.4 Å². The molecule has 4 rings (SSSR count). The number of nitrogens with zero attached hydrogens (tertiary/aromatic N) is 1. The molecule has 1 fully saturated rings. The molecule has 0 radical (unpaired) electrons. The Balaban J connectivity index is 1.61. The topological polar surface area (TPSA) is 55.8 Å². The van der Waals surface area contributed by atoms with Crippen LogP contribution in [0.1, 0.15) is 23.6 Å². The molecule has 180 valence electrons. The molecule has 0 bridgehead atoms. The molecule has 1 heterocycles. The molecule has 5 nitrogen and oxygen atoms in total. The first-order valence-corrected chi connectivity index (χ1v) is 13.5. The number of amides is 2. The molecule has 0 aromatic heterocycles. The fourth-order valence-corrected chi connectivity index (χ4v) is 5.38. The van der Waals surface area contributed by atoms with E-state index in [2.05, 4.69) is 31.9 Å². The number of carbonyl (C=O) groups is 2. The van der Waals surface area contributed by atoms with E-state index in [9.17, 15) is 9.59 Å². The van der Waals surface area contributed by atoms with Gasteiger partial charge in [-0.1, -0.05) is 60.1 Å². The summed E-state index contributed by atoms with van der Waals surface area (Å²) in [5, 5.41) is 0.166. The number of hydrogen-bond donors (Lipinski definition) is 0. The monoisotopic (exact) mass is 635 g/mol. The normalized spacial score (nSPS) is 14.6. The van der Waals surface area contributed by atoms with Gasteiger partial charge in [0, 0.05) is 9.50 Å². The Kier molecular flexibility index (Phi) is 8.59. The molecular formula is C26H20Br2ClNO4S. The summed E-state index contributed by atoms with van der Waals surface area (Å²) in [6.07, 6.45) is 1.68. The lowest BCUT2D eigenvalue weighted by Crippen LogP contribution is -2.27. The van der Waals surface area contributed by atoms with Gasteiger partial charge < -0.3 is 9.47 Å². The van der Waals surface area contributed by atoms with E-state index in [4.69, 9.17) is 21.1 Å². The van der Waals surface area contributed by atoms with Crippen LogP contribution in [0.15, 0.2) is 74.5 Å². The standard InChI is InChI=1S/C26H20Br2ClNO4S/c1-2-33-20-12-18(22(27)23(28)24(20)34-15-16-8-4-3-5-9-16)13-21-25(31)30(26(32)35-21)14-17-10-6-7-11-19(17)29/h3-13H,2,14-15H2,1H3/b21-13-. The SMILES string of the molecule is CCOc1cc(/C=C2\SC(=O)N(Cc3ccccc3Cl)C2=O)c(Br)c(Br)c1OCc1ccccc1. The molecule has 1 aliphatic heterocycles. The lowest BCUT2D eigenvalue weighted by atomic mass is 10.1. The summed E-state index contributed by atoms with van der Waals surface area (Å²) < 4.78 is 13.3. The summed E-state index contributed by atoms with van der Waals surface area (Å²) in [6.45, 7) is 2.80. The van der Waals surface area contributed by atoms with Crippen LogP contribution in [0.5, 0.6) is 11.5 Å². The molecule has 35 heavy (non-hydrogen) atoms. The van der Waals surface area contributed by atoms with E-state index < -0.39 is 0 Å². The first-order chi connectivity index (χ1) is 16.9. The van der Waals surface area contributed by atoms with Crippen LogP contribution in [0, 0.1) is 0 Å². The molecule has 1 aliphatic rings. The molecule has 0 saturated carbocycles.